The molecular formula is C23H24N2O3. The molecule has 0 unspecified atom stereocenters. The monoisotopic (exact) mass is 376 g/mol. The van der Waals surface area contributed by atoms with Crippen molar-refractivity contribution in [1.82, 2.24) is 9.88 Å². The predicted octanol–water partition coefficient (Wildman–Crippen LogP) is 3.57. The Kier molecular flexibility index (Phi) is 5.26. The highest BCUT2D eigenvalue weighted by Gasteiger charge is 2.23. The van der Waals surface area contributed by atoms with Crippen LogP contribution in [0.3, 0.4) is 0 Å². The van der Waals surface area contributed by atoms with Crippen LogP contribution in [0.4, 0.5) is 0 Å². The molecule has 1 saturated heterocycles. The molecular weight excluding hydrogens is 352 g/mol. The van der Waals surface area contributed by atoms with Gasteiger partial charge in [0, 0.05) is 37.5 Å². The molecule has 0 aliphatic carbocycles. The summed E-state index contributed by atoms with van der Waals surface area (Å²) < 4.78 is 6.10. The highest BCUT2D eigenvalue weighted by molar-refractivity contribution is 5.88. The number of amides is 1. The molecule has 5 nitrogen and oxygen atoms in total. The summed E-state index contributed by atoms with van der Waals surface area (Å²) in [5, 5.41) is 10.1. The van der Waals surface area contributed by atoms with Crippen molar-refractivity contribution in [2.24, 2.45) is 0 Å². The molecule has 1 aliphatic heterocycles. The van der Waals surface area contributed by atoms with Gasteiger partial charge in [-0.15, -0.1) is 0 Å². The molecule has 2 heterocycles. The second-order valence-corrected chi connectivity index (χ2v) is 7.19. The van der Waals surface area contributed by atoms with Gasteiger partial charge in [-0.1, -0.05) is 30.3 Å². The lowest BCUT2D eigenvalue weighted by molar-refractivity contribution is -0.135. The molecule has 1 N–H and O–H groups in total. The van der Waals surface area contributed by atoms with Gasteiger partial charge in [-0.25, -0.2) is 0 Å². The van der Waals surface area contributed by atoms with E-state index in [0.717, 1.165) is 35.1 Å². The maximum atomic E-state index is 11.5. The molecule has 144 valence electrons. The standard InChI is InChI=1S/C23H24N2O3/c1-16-21(9-6-18-3-2-12-24-23(16)18)17-4-7-19(8-5-17)28-20-10-13-25(14-11-20)22(27)15-26/h2-9,12,20,26H,10-11,13-15H2,1H3. The maximum absolute atomic E-state index is 11.5. The summed E-state index contributed by atoms with van der Waals surface area (Å²) in [5.74, 6) is 0.635. The Morgan fingerprint density at radius 2 is 1.89 bits per heavy atom. The number of likely N-dealkylation sites (tertiary alicyclic amines) is 1. The summed E-state index contributed by atoms with van der Waals surface area (Å²) in [5.41, 5.74) is 4.52. The van der Waals surface area contributed by atoms with Crippen LogP contribution in [0.1, 0.15) is 18.4 Å². The number of aryl methyl sites for hydroxylation is 1. The molecule has 0 bridgehead atoms. The highest BCUT2D eigenvalue weighted by Crippen LogP contribution is 2.30. The average molecular weight is 376 g/mol. The molecule has 0 radical (unpaired) electrons. The number of piperidine rings is 1. The minimum absolute atomic E-state index is 0.0974. The van der Waals surface area contributed by atoms with Gasteiger partial charge in [-0.05, 0) is 41.8 Å². The molecule has 5 heteroatoms. The molecule has 2 aromatic carbocycles. The van der Waals surface area contributed by atoms with Gasteiger partial charge in [0.1, 0.15) is 18.5 Å². The Morgan fingerprint density at radius 1 is 1.14 bits per heavy atom. The van der Waals surface area contributed by atoms with Crippen LogP contribution >= 0.6 is 0 Å². The van der Waals surface area contributed by atoms with Gasteiger partial charge in [0.25, 0.3) is 0 Å². The lowest BCUT2D eigenvalue weighted by Gasteiger charge is -2.31. The largest absolute Gasteiger partial charge is 0.490 e. The first-order valence-corrected chi connectivity index (χ1v) is 9.66. The number of aliphatic hydroxyl groups is 1. The van der Waals surface area contributed by atoms with Crippen molar-refractivity contribution in [3.8, 4) is 16.9 Å². The van der Waals surface area contributed by atoms with Crippen molar-refractivity contribution in [2.75, 3.05) is 19.7 Å². The molecule has 0 spiro atoms. The van der Waals surface area contributed by atoms with Crippen molar-refractivity contribution in [3.05, 3.63) is 60.3 Å². The van der Waals surface area contributed by atoms with E-state index in [1.165, 1.54) is 11.1 Å². The van der Waals surface area contributed by atoms with Crippen molar-refractivity contribution in [3.63, 3.8) is 0 Å². The van der Waals surface area contributed by atoms with Gasteiger partial charge in [-0.3, -0.25) is 9.78 Å². The molecule has 1 aromatic heterocycles. The van der Waals surface area contributed by atoms with Crippen molar-refractivity contribution < 1.29 is 14.6 Å². The number of rotatable bonds is 4. The summed E-state index contributed by atoms with van der Waals surface area (Å²) in [6, 6.07) is 16.5. The molecule has 1 fully saturated rings. The van der Waals surface area contributed by atoms with Crippen LogP contribution in [0.5, 0.6) is 5.75 Å². The SMILES string of the molecule is Cc1c(-c2ccc(OC3CCN(C(=O)CO)CC3)cc2)ccc2cccnc12. The summed E-state index contributed by atoms with van der Waals surface area (Å²) in [7, 11) is 0. The van der Waals surface area contributed by atoms with Crippen LogP contribution in [-0.4, -0.2) is 46.7 Å². The van der Waals surface area contributed by atoms with Gasteiger partial charge in [0.05, 0.1) is 5.52 Å². The van der Waals surface area contributed by atoms with Gasteiger partial charge in [0.15, 0.2) is 0 Å². The Hall–Kier alpha value is -2.92. The highest BCUT2D eigenvalue weighted by atomic mass is 16.5. The number of carbonyl (C=O) groups excluding carboxylic acids is 1. The van der Waals surface area contributed by atoms with Crippen LogP contribution in [0, 0.1) is 6.92 Å². The van der Waals surface area contributed by atoms with Crippen LogP contribution in [0.2, 0.25) is 0 Å². The van der Waals surface area contributed by atoms with Gasteiger partial charge in [0.2, 0.25) is 5.91 Å². The van der Waals surface area contributed by atoms with Crippen LogP contribution < -0.4 is 4.74 Å². The van der Waals surface area contributed by atoms with E-state index < -0.39 is 6.61 Å². The second kappa shape index (κ2) is 7.98. The molecule has 3 aromatic rings. The number of hydrogen-bond acceptors (Lipinski definition) is 4. The van der Waals surface area contributed by atoms with Gasteiger partial charge < -0.3 is 14.7 Å². The van der Waals surface area contributed by atoms with E-state index in [4.69, 9.17) is 9.84 Å². The van der Waals surface area contributed by atoms with Crippen molar-refractivity contribution >= 4 is 16.8 Å². The average Bonchev–Trinajstić information content (AvgIpc) is 2.75. The Bertz CT molecular complexity index is 977. The van der Waals surface area contributed by atoms with Crippen LogP contribution in [0.25, 0.3) is 22.0 Å². The summed E-state index contributed by atoms with van der Waals surface area (Å²) in [4.78, 5) is 17.8. The third-order valence-corrected chi connectivity index (χ3v) is 5.43. The van der Waals surface area contributed by atoms with E-state index in [9.17, 15) is 4.79 Å². The summed E-state index contributed by atoms with van der Waals surface area (Å²) >= 11 is 0. The number of fused-ring (bicyclic) bond motifs is 1. The lowest BCUT2D eigenvalue weighted by atomic mass is 9.98. The fourth-order valence-corrected chi connectivity index (χ4v) is 3.83. The van der Waals surface area contributed by atoms with E-state index in [2.05, 4.69) is 42.2 Å². The zero-order valence-corrected chi connectivity index (χ0v) is 16.0. The fourth-order valence-electron chi connectivity index (χ4n) is 3.83. The van der Waals surface area contributed by atoms with E-state index in [1.54, 1.807) is 4.90 Å². The minimum Gasteiger partial charge on any atom is -0.490 e. The first-order chi connectivity index (χ1) is 13.7. The van der Waals surface area contributed by atoms with Gasteiger partial charge in [-0.2, -0.15) is 0 Å². The summed E-state index contributed by atoms with van der Waals surface area (Å²) in [6.07, 6.45) is 3.49. The Morgan fingerprint density at radius 3 is 2.61 bits per heavy atom. The predicted molar refractivity (Wildman–Crippen MR) is 109 cm³/mol. The first kappa shape index (κ1) is 18.4. The fraction of sp³-hybridized carbons (Fsp3) is 0.304. The Labute approximate surface area is 164 Å². The minimum atomic E-state index is -0.420. The molecule has 1 aliphatic rings. The van der Waals surface area contributed by atoms with Crippen LogP contribution in [0.15, 0.2) is 54.7 Å². The Balaban J connectivity index is 1.45. The molecule has 1 amide bonds. The number of hydrogen-bond donors (Lipinski definition) is 1. The quantitative estimate of drug-likeness (QED) is 0.756. The van der Waals surface area contributed by atoms with Crippen LogP contribution in [-0.2, 0) is 4.79 Å². The number of aliphatic hydroxyl groups excluding tert-OH is 1. The third-order valence-electron chi connectivity index (χ3n) is 5.43. The number of nitrogens with zero attached hydrogens (tertiary/aromatic N) is 2. The van der Waals surface area contributed by atoms with E-state index in [1.807, 2.05) is 24.4 Å². The number of benzene rings is 2. The maximum Gasteiger partial charge on any atom is 0.248 e. The summed E-state index contributed by atoms with van der Waals surface area (Å²) in [6.45, 7) is 2.95. The third kappa shape index (κ3) is 3.71. The molecule has 0 saturated carbocycles. The van der Waals surface area contributed by atoms with E-state index in [0.29, 0.717) is 13.1 Å². The smallest absolute Gasteiger partial charge is 0.248 e. The number of carbonyl (C=O) groups is 1. The normalized spacial score (nSPS) is 15.0. The van der Waals surface area contributed by atoms with E-state index >= 15 is 0 Å². The number of aromatic nitrogens is 1. The number of ether oxygens (including phenoxy) is 1. The van der Waals surface area contributed by atoms with Gasteiger partial charge >= 0.3 is 0 Å². The zero-order valence-electron chi connectivity index (χ0n) is 16.0. The molecule has 4 rings (SSSR count). The number of pyridine rings is 1. The lowest BCUT2D eigenvalue weighted by Crippen LogP contribution is -2.42. The van der Waals surface area contributed by atoms with Crippen molar-refractivity contribution in [1.29, 1.82) is 0 Å². The molecule has 28 heavy (non-hydrogen) atoms. The van der Waals surface area contributed by atoms with E-state index in [-0.39, 0.29) is 12.0 Å². The first-order valence-electron chi connectivity index (χ1n) is 9.66. The zero-order chi connectivity index (χ0) is 19.5. The second-order valence-electron chi connectivity index (χ2n) is 7.19. The van der Waals surface area contributed by atoms with Crippen molar-refractivity contribution in [2.45, 2.75) is 25.9 Å². The molecule has 0 atom stereocenters. The topological polar surface area (TPSA) is 62.7 Å².